The molecule has 0 amide bonds. The average Bonchev–Trinajstić information content (AvgIpc) is 2.58. The molecule has 1 atom stereocenters. The van der Waals surface area contributed by atoms with E-state index in [1.165, 1.54) is 0 Å². The smallest absolute Gasteiger partial charge is 0.352 e. The molecule has 1 unspecified atom stereocenters. The van der Waals surface area contributed by atoms with Crippen molar-refractivity contribution < 1.29 is 19.1 Å². The van der Waals surface area contributed by atoms with Crippen LogP contribution in [0, 0.1) is 0 Å². The molecule has 118 valence electrons. The lowest BCUT2D eigenvalue weighted by atomic mass is 10.1. The molecule has 0 aliphatic heterocycles. The van der Waals surface area contributed by atoms with Crippen molar-refractivity contribution in [2.45, 2.75) is 6.10 Å². The Bertz CT molecular complexity index is 665. The molecule has 2 aromatic carbocycles. The number of hydrogen-bond donors (Lipinski definition) is 1. The van der Waals surface area contributed by atoms with E-state index in [0.717, 1.165) is 5.56 Å². The fourth-order valence-electron chi connectivity index (χ4n) is 1.95. The molecule has 0 bridgehead atoms. The third kappa shape index (κ3) is 5.00. The van der Waals surface area contributed by atoms with Gasteiger partial charge in [0.15, 0.2) is 0 Å². The number of esters is 1. The minimum Gasteiger partial charge on any atom is -0.458 e. The highest BCUT2D eigenvalue weighted by atomic mass is 16.6. The molecule has 2 N–H and O–H groups in total. The van der Waals surface area contributed by atoms with Crippen LogP contribution in [0.3, 0.4) is 0 Å². The second-order valence-corrected chi connectivity index (χ2v) is 4.72. The Morgan fingerprint density at radius 2 is 1.78 bits per heavy atom. The lowest BCUT2D eigenvalue weighted by molar-refractivity contribution is -0.161. The largest absolute Gasteiger partial charge is 0.458 e. The molecule has 2 rings (SSSR count). The third-order valence-electron chi connectivity index (χ3n) is 3.08. The summed E-state index contributed by atoms with van der Waals surface area (Å²) in [7, 11) is 0. The molecule has 0 saturated carbocycles. The number of anilines is 1. The van der Waals surface area contributed by atoms with E-state index in [2.05, 4.69) is 0 Å². The molecule has 0 spiro atoms. The van der Waals surface area contributed by atoms with Crippen LogP contribution in [-0.2, 0) is 19.1 Å². The highest BCUT2D eigenvalue weighted by Crippen LogP contribution is 2.19. The summed E-state index contributed by atoms with van der Waals surface area (Å²) in [5, 5.41) is 0. The van der Waals surface area contributed by atoms with Crippen molar-refractivity contribution in [2.24, 2.45) is 0 Å². The van der Waals surface area contributed by atoms with Crippen LogP contribution in [0.1, 0.15) is 17.2 Å². The normalized spacial score (nSPS) is 11.8. The molecule has 5 heteroatoms. The van der Waals surface area contributed by atoms with Gasteiger partial charge in [0.25, 0.3) is 6.47 Å². The van der Waals surface area contributed by atoms with Gasteiger partial charge in [0.1, 0.15) is 6.61 Å². The first-order chi connectivity index (χ1) is 11.2. The number of nitrogens with two attached hydrogens (primary N) is 1. The lowest BCUT2D eigenvalue weighted by Crippen LogP contribution is -2.18. The molecule has 0 saturated heterocycles. The summed E-state index contributed by atoms with van der Waals surface area (Å²) in [5.74, 6) is -0.639. The van der Waals surface area contributed by atoms with Crippen LogP contribution in [0.25, 0.3) is 6.08 Å². The second kappa shape index (κ2) is 8.38. The topological polar surface area (TPSA) is 78.6 Å². The number of carbonyl (C=O) groups excluding carboxylic acids is 2. The highest BCUT2D eigenvalue weighted by Gasteiger charge is 2.23. The van der Waals surface area contributed by atoms with Crippen molar-refractivity contribution in [3.63, 3.8) is 0 Å². The van der Waals surface area contributed by atoms with Crippen LogP contribution in [0.5, 0.6) is 0 Å². The molecule has 0 aromatic heterocycles. The van der Waals surface area contributed by atoms with E-state index in [9.17, 15) is 9.59 Å². The van der Waals surface area contributed by atoms with Crippen LogP contribution in [0.2, 0.25) is 0 Å². The quantitative estimate of drug-likeness (QED) is 0.483. The summed E-state index contributed by atoms with van der Waals surface area (Å²) in [6.45, 7) is 0.309. The van der Waals surface area contributed by atoms with Gasteiger partial charge in [-0.2, -0.15) is 0 Å². The van der Waals surface area contributed by atoms with E-state index in [0.29, 0.717) is 11.3 Å². The van der Waals surface area contributed by atoms with Gasteiger partial charge in [-0.3, -0.25) is 4.79 Å². The Labute approximate surface area is 134 Å². The molecular weight excluding hydrogens is 294 g/mol. The van der Waals surface area contributed by atoms with Gasteiger partial charge in [-0.25, -0.2) is 4.79 Å². The first-order valence-corrected chi connectivity index (χ1v) is 7.03. The highest BCUT2D eigenvalue weighted by molar-refractivity contribution is 5.78. The fourth-order valence-corrected chi connectivity index (χ4v) is 1.95. The zero-order valence-electron chi connectivity index (χ0n) is 12.4. The molecule has 0 radical (unpaired) electrons. The minimum absolute atomic E-state index is 0.0847. The summed E-state index contributed by atoms with van der Waals surface area (Å²) < 4.78 is 9.95. The van der Waals surface area contributed by atoms with Crippen LogP contribution in [-0.4, -0.2) is 19.0 Å². The van der Waals surface area contributed by atoms with Crippen molar-refractivity contribution in [3.05, 3.63) is 71.8 Å². The van der Waals surface area contributed by atoms with Crippen molar-refractivity contribution in [1.29, 1.82) is 0 Å². The maximum atomic E-state index is 12.1. The fraction of sp³-hybridized carbons (Fsp3) is 0.111. The monoisotopic (exact) mass is 311 g/mol. The summed E-state index contributed by atoms with van der Waals surface area (Å²) in [5.41, 5.74) is 7.65. The SMILES string of the molecule is Nc1ccc(C(OC=O)C(=O)OCC=Cc2ccccc2)cc1. The van der Waals surface area contributed by atoms with Gasteiger partial charge in [0.2, 0.25) is 6.10 Å². The molecule has 2 aromatic rings. The van der Waals surface area contributed by atoms with Gasteiger partial charge < -0.3 is 15.2 Å². The van der Waals surface area contributed by atoms with Crippen LogP contribution in [0.4, 0.5) is 5.69 Å². The zero-order chi connectivity index (χ0) is 16.5. The maximum Gasteiger partial charge on any atom is 0.352 e. The number of ether oxygens (including phenoxy) is 2. The molecule has 0 aliphatic rings. The van der Waals surface area contributed by atoms with Crippen LogP contribution >= 0.6 is 0 Å². The van der Waals surface area contributed by atoms with Gasteiger partial charge in [0.05, 0.1) is 0 Å². The van der Waals surface area contributed by atoms with Crippen molar-refractivity contribution in [1.82, 2.24) is 0 Å². The lowest BCUT2D eigenvalue weighted by Gasteiger charge is -2.14. The Balaban J connectivity index is 1.94. The molecule has 0 heterocycles. The van der Waals surface area contributed by atoms with E-state index in [1.54, 1.807) is 30.3 Å². The Morgan fingerprint density at radius 1 is 1.09 bits per heavy atom. The van der Waals surface area contributed by atoms with Gasteiger partial charge >= 0.3 is 5.97 Å². The van der Waals surface area contributed by atoms with Crippen LogP contribution in [0.15, 0.2) is 60.7 Å². The number of carbonyl (C=O) groups is 2. The third-order valence-corrected chi connectivity index (χ3v) is 3.08. The molecule has 0 aliphatic carbocycles. The van der Waals surface area contributed by atoms with Gasteiger partial charge in [-0.1, -0.05) is 48.5 Å². The average molecular weight is 311 g/mol. The number of benzene rings is 2. The van der Waals surface area contributed by atoms with Gasteiger partial charge in [0, 0.05) is 11.3 Å². The molecule has 23 heavy (non-hydrogen) atoms. The van der Waals surface area contributed by atoms with Crippen molar-refractivity contribution >= 4 is 24.2 Å². The van der Waals surface area contributed by atoms with E-state index in [-0.39, 0.29) is 13.1 Å². The number of nitrogen functional groups attached to an aromatic ring is 1. The van der Waals surface area contributed by atoms with E-state index in [4.69, 9.17) is 15.2 Å². The predicted molar refractivity (Wildman–Crippen MR) is 87.2 cm³/mol. The number of rotatable bonds is 7. The second-order valence-electron chi connectivity index (χ2n) is 4.72. The maximum absolute atomic E-state index is 12.1. The minimum atomic E-state index is -1.10. The Hall–Kier alpha value is -3.08. The van der Waals surface area contributed by atoms with E-state index in [1.807, 2.05) is 36.4 Å². The van der Waals surface area contributed by atoms with Crippen LogP contribution < -0.4 is 5.73 Å². The predicted octanol–water partition coefficient (Wildman–Crippen LogP) is 2.74. The summed E-state index contributed by atoms with van der Waals surface area (Å²) >= 11 is 0. The first-order valence-electron chi connectivity index (χ1n) is 7.03. The molecular formula is C18H17NO4. The zero-order valence-corrected chi connectivity index (χ0v) is 12.4. The van der Waals surface area contributed by atoms with Gasteiger partial charge in [-0.15, -0.1) is 0 Å². The number of hydrogen-bond acceptors (Lipinski definition) is 5. The Kier molecular flexibility index (Phi) is 5.94. The van der Waals surface area contributed by atoms with Crippen molar-refractivity contribution in [2.75, 3.05) is 12.3 Å². The van der Waals surface area contributed by atoms with E-state index < -0.39 is 12.1 Å². The van der Waals surface area contributed by atoms with E-state index >= 15 is 0 Å². The molecule has 5 nitrogen and oxygen atoms in total. The first kappa shape index (κ1) is 16.3. The van der Waals surface area contributed by atoms with Crippen molar-refractivity contribution in [3.8, 4) is 0 Å². The Morgan fingerprint density at radius 3 is 2.43 bits per heavy atom. The summed E-state index contributed by atoms with van der Waals surface area (Å²) in [4.78, 5) is 22.7. The standard InChI is InChI=1S/C18H17NO4/c19-16-10-8-15(9-11-16)17(23-13-20)18(21)22-12-4-7-14-5-2-1-3-6-14/h1-11,13,17H,12,19H2. The molecule has 0 fully saturated rings. The summed E-state index contributed by atoms with van der Waals surface area (Å²) in [6.07, 6.45) is 2.46. The van der Waals surface area contributed by atoms with Gasteiger partial charge in [-0.05, 0) is 23.8 Å². The summed E-state index contributed by atoms with van der Waals surface area (Å²) in [6, 6.07) is 16.1.